The van der Waals surface area contributed by atoms with E-state index in [0.717, 1.165) is 0 Å². The van der Waals surface area contributed by atoms with Gasteiger partial charge in [0.15, 0.2) is 0 Å². The standard InChI is InChI=1S/C22H28N2/c1-14-10-8-12-17-18(14)24-15(2)16-11-9-13-23-19(16)22(24,7)21(5,6)20(17,3)4/h8-13,15H,1-7H3/t15-,22?/m0/s1. The number of rotatable bonds is 0. The van der Waals surface area contributed by atoms with Gasteiger partial charge in [0.2, 0.25) is 0 Å². The summed E-state index contributed by atoms with van der Waals surface area (Å²) in [6, 6.07) is 11.5. The van der Waals surface area contributed by atoms with Crippen LogP contribution in [-0.4, -0.2) is 4.98 Å². The molecule has 0 aliphatic carbocycles. The van der Waals surface area contributed by atoms with Crippen LogP contribution in [0.1, 0.15) is 70.0 Å². The van der Waals surface area contributed by atoms with Crippen molar-refractivity contribution in [2.24, 2.45) is 5.41 Å². The molecule has 2 nitrogen and oxygen atoms in total. The fourth-order valence-corrected chi connectivity index (χ4v) is 5.24. The van der Waals surface area contributed by atoms with Gasteiger partial charge in [-0.15, -0.1) is 0 Å². The summed E-state index contributed by atoms with van der Waals surface area (Å²) in [5.41, 5.74) is 6.84. The van der Waals surface area contributed by atoms with E-state index in [2.05, 4.69) is 83.7 Å². The lowest BCUT2D eigenvalue weighted by atomic mass is 9.52. The number of nitrogens with zero attached hydrogens (tertiary/aromatic N) is 2. The van der Waals surface area contributed by atoms with Crippen LogP contribution in [0, 0.1) is 12.3 Å². The second kappa shape index (κ2) is 4.41. The summed E-state index contributed by atoms with van der Waals surface area (Å²) in [4.78, 5) is 7.54. The van der Waals surface area contributed by atoms with Gasteiger partial charge in [-0.05, 0) is 48.9 Å². The quantitative estimate of drug-likeness (QED) is 0.637. The topological polar surface area (TPSA) is 16.1 Å². The van der Waals surface area contributed by atoms with Crippen molar-refractivity contribution < 1.29 is 0 Å². The predicted molar refractivity (Wildman–Crippen MR) is 100 cm³/mol. The summed E-state index contributed by atoms with van der Waals surface area (Å²) >= 11 is 0. The Bertz CT molecular complexity index is 834. The van der Waals surface area contributed by atoms with Gasteiger partial charge in [-0.1, -0.05) is 52.0 Å². The van der Waals surface area contributed by atoms with E-state index in [1.54, 1.807) is 0 Å². The van der Waals surface area contributed by atoms with Gasteiger partial charge in [-0.25, -0.2) is 0 Å². The first-order valence-electron chi connectivity index (χ1n) is 9.00. The SMILES string of the molecule is Cc1cccc2c1N1[C@@H](C)c3cccnc3C1(C)C(C)(C)C2(C)C. The largest absolute Gasteiger partial charge is 0.353 e. The minimum Gasteiger partial charge on any atom is -0.353 e. The van der Waals surface area contributed by atoms with E-state index in [4.69, 9.17) is 4.98 Å². The highest BCUT2D eigenvalue weighted by Gasteiger charge is 2.64. The molecule has 1 unspecified atom stereocenters. The normalized spacial score (nSPS) is 29.0. The Labute approximate surface area is 145 Å². The van der Waals surface area contributed by atoms with Crippen molar-refractivity contribution in [3.05, 3.63) is 58.9 Å². The molecular weight excluding hydrogens is 292 g/mol. The number of fused-ring (bicyclic) bond motifs is 5. The molecule has 1 aromatic heterocycles. The fourth-order valence-electron chi connectivity index (χ4n) is 5.24. The van der Waals surface area contributed by atoms with Crippen LogP contribution < -0.4 is 4.90 Å². The number of aryl methyl sites for hydroxylation is 1. The maximum absolute atomic E-state index is 4.89. The third-order valence-corrected chi connectivity index (χ3v) is 7.55. The molecule has 0 saturated heterocycles. The maximum atomic E-state index is 4.89. The molecule has 3 heterocycles. The Morgan fingerprint density at radius 1 is 1.00 bits per heavy atom. The first-order chi connectivity index (χ1) is 11.2. The molecule has 4 rings (SSSR count). The first-order valence-corrected chi connectivity index (χ1v) is 9.00. The van der Waals surface area contributed by atoms with E-state index in [9.17, 15) is 0 Å². The van der Waals surface area contributed by atoms with Gasteiger partial charge >= 0.3 is 0 Å². The Morgan fingerprint density at radius 2 is 1.71 bits per heavy atom. The number of hydrogen-bond donors (Lipinski definition) is 0. The number of para-hydroxylation sites is 1. The van der Waals surface area contributed by atoms with Crippen LogP contribution in [0.5, 0.6) is 0 Å². The molecule has 0 N–H and O–H groups in total. The molecular formula is C22H28N2. The van der Waals surface area contributed by atoms with Gasteiger partial charge in [-0.2, -0.15) is 0 Å². The van der Waals surface area contributed by atoms with E-state index < -0.39 is 0 Å². The molecule has 126 valence electrons. The smallest absolute Gasteiger partial charge is 0.0864 e. The Morgan fingerprint density at radius 3 is 2.42 bits per heavy atom. The highest BCUT2D eigenvalue weighted by atomic mass is 15.3. The molecule has 2 aliphatic rings. The summed E-state index contributed by atoms with van der Waals surface area (Å²) in [7, 11) is 0. The van der Waals surface area contributed by atoms with Crippen LogP contribution in [0.2, 0.25) is 0 Å². The highest BCUT2D eigenvalue weighted by Crippen LogP contribution is 2.66. The summed E-state index contributed by atoms with van der Waals surface area (Å²) in [5.74, 6) is 0. The maximum Gasteiger partial charge on any atom is 0.0864 e. The van der Waals surface area contributed by atoms with Crippen molar-refractivity contribution in [3.63, 3.8) is 0 Å². The van der Waals surface area contributed by atoms with Gasteiger partial charge in [-0.3, -0.25) is 4.98 Å². The number of benzene rings is 1. The van der Waals surface area contributed by atoms with Crippen LogP contribution in [0.25, 0.3) is 0 Å². The molecule has 2 aromatic rings. The molecule has 0 radical (unpaired) electrons. The van der Waals surface area contributed by atoms with E-state index >= 15 is 0 Å². The molecule has 1 aromatic carbocycles. The molecule has 0 spiro atoms. The van der Waals surface area contributed by atoms with Crippen molar-refractivity contribution >= 4 is 5.69 Å². The Hall–Kier alpha value is -1.83. The van der Waals surface area contributed by atoms with Gasteiger partial charge in [0.1, 0.15) is 0 Å². The summed E-state index contributed by atoms with van der Waals surface area (Å²) in [6.45, 7) is 16.6. The predicted octanol–water partition coefficient (Wildman–Crippen LogP) is 5.50. The number of anilines is 1. The average molecular weight is 320 g/mol. The average Bonchev–Trinajstić information content (AvgIpc) is 2.77. The molecule has 24 heavy (non-hydrogen) atoms. The fraction of sp³-hybridized carbons (Fsp3) is 0.500. The van der Waals surface area contributed by atoms with Crippen molar-refractivity contribution in [2.45, 2.75) is 65.5 Å². The van der Waals surface area contributed by atoms with Crippen LogP contribution >= 0.6 is 0 Å². The molecule has 2 aliphatic heterocycles. The molecule has 0 fully saturated rings. The monoisotopic (exact) mass is 320 g/mol. The van der Waals surface area contributed by atoms with E-state index in [-0.39, 0.29) is 16.4 Å². The van der Waals surface area contributed by atoms with Crippen LogP contribution in [0.15, 0.2) is 36.5 Å². The van der Waals surface area contributed by atoms with Crippen molar-refractivity contribution in [1.82, 2.24) is 4.98 Å². The van der Waals surface area contributed by atoms with Crippen molar-refractivity contribution in [3.8, 4) is 0 Å². The second-order valence-corrected chi connectivity index (χ2v) is 8.78. The molecule has 0 saturated carbocycles. The van der Waals surface area contributed by atoms with Crippen LogP contribution in [0.4, 0.5) is 5.69 Å². The van der Waals surface area contributed by atoms with Gasteiger partial charge in [0.05, 0.1) is 17.3 Å². The molecule has 2 heteroatoms. The summed E-state index contributed by atoms with van der Waals surface area (Å²) in [6.07, 6.45) is 1.96. The molecule has 0 amide bonds. The van der Waals surface area contributed by atoms with E-state index in [1.165, 1.54) is 28.1 Å². The lowest BCUT2D eigenvalue weighted by Crippen LogP contribution is -2.62. The van der Waals surface area contributed by atoms with Crippen molar-refractivity contribution in [2.75, 3.05) is 4.90 Å². The minimum absolute atomic E-state index is 0.0364. The van der Waals surface area contributed by atoms with E-state index in [0.29, 0.717) is 6.04 Å². The highest BCUT2D eigenvalue weighted by molar-refractivity contribution is 5.71. The number of aromatic nitrogens is 1. The van der Waals surface area contributed by atoms with E-state index in [1.807, 2.05) is 6.20 Å². The zero-order chi connectivity index (χ0) is 17.5. The number of pyridine rings is 1. The zero-order valence-corrected chi connectivity index (χ0v) is 15.9. The van der Waals surface area contributed by atoms with Gasteiger partial charge < -0.3 is 4.90 Å². The summed E-state index contributed by atoms with van der Waals surface area (Å²) in [5, 5.41) is 0. The minimum atomic E-state index is -0.119. The van der Waals surface area contributed by atoms with Gasteiger partial charge in [0, 0.05) is 17.3 Å². The Balaban J connectivity index is 2.15. The lowest BCUT2D eigenvalue weighted by molar-refractivity contribution is 0.0626. The molecule has 0 bridgehead atoms. The van der Waals surface area contributed by atoms with Gasteiger partial charge in [0.25, 0.3) is 0 Å². The first kappa shape index (κ1) is 15.7. The molecule has 2 atom stereocenters. The Kier molecular flexibility index (Phi) is 2.88. The second-order valence-electron chi connectivity index (χ2n) is 8.78. The lowest BCUT2D eigenvalue weighted by Gasteiger charge is -2.62. The third-order valence-electron chi connectivity index (χ3n) is 7.55. The zero-order valence-electron chi connectivity index (χ0n) is 15.9. The van der Waals surface area contributed by atoms with Crippen LogP contribution in [0.3, 0.4) is 0 Å². The van der Waals surface area contributed by atoms with Crippen molar-refractivity contribution in [1.29, 1.82) is 0 Å². The summed E-state index contributed by atoms with van der Waals surface area (Å²) < 4.78 is 0. The number of hydrogen-bond acceptors (Lipinski definition) is 2. The van der Waals surface area contributed by atoms with Crippen LogP contribution in [-0.2, 0) is 11.0 Å². The third kappa shape index (κ3) is 1.46.